The van der Waals surface area contributed by atoms with Crippen molar-refractivity contribution in [3.8, 4) is 11.4 Å². The van der Waals surface area contributed by atoms with Crippen molar-refractivity contribution in [2.24, 2.45) is 0 Å². The highest BCUT2D eigenvalue weighted by molar-refractivity contribution is 6.16. The van der Waals surface area contributed by atoms with Crippen molar-refractivity contribution in [2.75, 3.05) is 21.3 Å². The highest BCUT2D eigenvalue weighted by Gasteiger charge is 2.28. The largest absolute Gasteiger partial charge is 0.367 e. The first-order valence-electron chi connectivity index (χ1n) is 21.4. The number of hydrogen-bond donors (Lipinski definition) is 6. The Hall–Kier alpha value is -8.94. The molecule has 2 aromatic carbocycles. The lowest BCUT2D eigenvalue weighted by molar-refractivity contribution is -0.125. The topological polar surface area (TPSA) is 236 Å². The Balaban J connectivity index is 0.000000146. The summed E-state index contributed by atoms with van der Waals surface area (Å²) in [5, 5.41) is 35.7. The lowest BCUT2D eigenvalue weighted by Gasteiger charge is -2.12. The molecule has 0 unspecified atom stereocenters. The minimum atomic E-state index is -0.373. The smallest absolute Gasteiger partial charge is 0.254 e. The third kappa shape index (κ3) is 8.57. The molecule has 4 aliphatic rings. The first kappa shape index (κ1) is 39.9. The van der Waals surface area contributed by atoms with E-state index in [4.69, 9.17) is 9.97 Å². The monoisotopic (exact) mass is 880 g/mol. The number of imide groups is 2. The second kappa shape index (κ2) is 16.6. The van der Waals surface area contributed by atoms with Crippen molar-refractivity contribution in [2.45, 2.75) is 50.6 Å². The van der Waals surface area contributed by atoms with E-state index in [1.54, 1.807) is 55.3 Å². The van der Waals surface area contributed by atoms with Gasteiger partial charge < -0.3 is 21.3 Å². The molecule has 6 N–H and O–H groups in total. The Morgan fingerprint density at radius 3 is 1.33 bits per heavy atom. The molecule has 2 saturated heterocycles. The second-order valence-electron chi connectivity index (χ2n) is 16.3. The Bertz CT molecular complexity index is 3010. The van der Waals surface area contributed by atoms with Crippen molar-refractivity contribution >= 4 is 81.7 Å². The summed E-state index contributed by atoms with van der Waals surface area (Å²) in [6, 6.07) is 24.2. The van der Waals surface area contributed by atoms with Gasteiger partial charge in [-0.3, -0.25) is 29.8 Å². The summed E-state index contributed by atoms with van der Waals surface area (Å²) in [7, 11) is 0. The SMILES string of the molecule is O=C1C/C(=C\c2cnn3c(NC4CC4)cc(Nc4ccc(-n5cccn5)cc4)nc23)C(=O)N1.O=C1C/C(=C\c2cnn3c(NC4CC4)cc(Nc4ccc(-n5cccn5)cc4)nc23)C(=O)N1. The third-order valence-corrected chi connectivity index (χ3v) is 11.1. The van der Waals surface area contributed by atoms with Gasteiger partial charge in [-0.2, -0.15) is 29.4 Å². The molecule has 0 spiro atoms. The number of amides is 4. The number of rotatable bonds is 12. The Kier molecular flexibility index (Phi) is 10.1. The minimum Gasteiger partial charge on any atom is -0.367 e. The Morgan fingerprint density at radius 1 is 0.561 bits per heavy atom. The average Bonchev–Trinajstić information content (AvgIpc) is 3.79. The predicted molar refractivity (Wildman–Crippen MR) is 244 cm³/mol. The third-order valence-electron chi connectivity index (χ3n) is 11.1. The Labute approximate surface area is 374 Å². The van der Waals surface area contributed by atoms with Gasteiger partial charge in [0.25, 0.3) is 11.8 Å². The number of benzene rings is 2. The number of hydrogen-bond acceptors (Lipinski definition) is 14. The summed E-state index contributed by atoms with van der Waals surface area (Å²) in [5.41, 5.74) is 7.01. The summed E-state index contributed by atoms with van der Waals surface area (Å²) >= 11 is 0. The molecule has 328 valence electrons. The molecule has 4 fully saturated rings. The van der Waals surface area contributed by atoms with E-state index in [-0.39, 0.29) is 36.5 Å². The van der Waals surface area contributed by atoms with Crippen LogP contribution in [0.1, 0.15) is 49.7 Å². The van der Waals surface area contributed by atoms with Crippen molar-refractivity contribution in [3.63, 3.8) is 0 Å². The predicted octanol–water partition coefficient (Wildman–Crippen LogP) is 5.33. The van der Waals surface area contributed by atoms with Crippen LogP contribution in [0.15, 0.2) is 121 Å². The van der Waals surface area contributed by atoms with E-state index in [0.29, 0.717) is 57.3 Å². The van der Waals surface area contributed by atoms with Crippen LogP contribution in [0.25, 0.3) is 34.8 Å². The van der Waals surface area contributed by atoms with E-state index in [0.717, 1.165) is 60.1 Å². The van der Waals surface area contributed by atoms with Gasteiger partial charge in [0.05, 0.1) is 36.6 Å². The lowest BCUT2D eigenvalue weighted by Crippen LogP contribution is -2.19. The number of carbonyl (C=O) groups excluding carboxylic acids is 4. The zero-order valence-electron chi connectivity index (χ0n) is 35.0. The molecule has 8 heterocycles. The van der Waals surface area contributed by atoms with E-state index in [1.807, 2.05) is 85.2 Å². The summed E-state index contributed by atoms with van der Waals surface area (Å²) in [6.07, 6.45) is 18.5. The van der Waals surface area contributed by atoms with E-state index < -0.39 is 0 Å². The van der Waals surface area contributed by atoms with Gasteiger partial charge in [-0.05, 0) is 98.5 Å². The van der Waals surface area contributed by atoms with E-state index in [1.165, 1.54) is 0 Å². The molecule has 66 heavy (non-hydrogen) atoms. The van der Waals surface area contributed by atoms with Gasteiger partial charge in [0.1, 0.15) is 23.3 Å². The molecule has 6 aromatic heterocycles. The molecule has 2 saturated carbocycles. The molecular formula is C46H40N16O4. The molecule has 0 bridgehead atoms. The molecule has 20 nitrogen and oxygen atoms in total. The molecule has 0 atom stereocenters. The maximum atomic E-state index is 12.0. The first-order chi connectivity index (χ1) is 32.2. The maximum absolute atomic E-state index is 12.0. The van der Waals surface area contributed by atoms with Gasteiger partial charge in [0.2, 0.25) is 11.8 Å². The molecule has 12 rings (SSSR count). The Morgan fingerprint density at radius 2 is 0.985 bits per heavy atom. The van der Waals surface area contributed by atoms with Crippen molar-refractivity contribution < 1.29 is 19.2 Å². The quantitative estimate of drug-likeness (QED) is 0.0673. The van der Waals surface area contributed by atoms with Crippen LogP contribution in [0.2, 0.25) is 0 Å². The number of nitrogens with one attached hydrogen (secondary N) is 6. The highest BCUT2D eigenvalue weighted by atomic mass is 16.2. The van der Waals surface area contributed by atoms with Crippen LogP contribution in [0.5, 0.6) is 0 Å². The van der Waals surface area contributed by atoms with Crippen LogP contribution in [-0.4, -0.2) is 84.5 Å². The summed E-state index contributed by atoms with van der Waals surface area (Å²) in [4.78, 5) is 56.6. The fourth-order valence-corrected chi connectivity index (χ4v) is 7.52. The highest BCUT2D eigenvalue weighted by Crippen LogP contribution is 2.31. The van der Waals surface area contributed by atoms with E-state index >= 15 is 0 Å². The van der Waals surface area contributed by atoms with Crippen molar-refractivity contribution in [1.29, 1.82) is 0 Å². The number of anilines is 6. The molecule has 20 heteroatoms. The molecule has 2 aliphatic heterocycles. The zero-order valence-corrected chi connectivity index (χ0v) is 35.0. The van der Waals surface area contributed by atoms with Crippen LogP contribution in [-0.2, 0) is 19.2 Å². The molecule has 0 radical (unpaired) electrons. The maximum Gasteiger partial charge on any atom is 0.254 e. The van der Waals surface area contributed by atoms with Gasteiger partial charge in [-0.15, -0.1) is 0 Å². The standard InChI is InChI=1S/2C23H20N8O2/c2*32-21-11-14(23(33)29-21)10-15-13-25-31-20(27-17-2-3-17)12-19(28-22(15)31)26-16-4-6-18(7-5-16)30-9-1-8-24-30/h2*1,4-10,12-13,17,27H,2-3,11H2,(H,26,28)(H,29,32,33)/b2*14-10+. The lowest BCUT2D eigenvalue weighted by atomic mass is 10.1. The van der Waals surface area contributed by atoms with Crippen molar-refractivity contribution in [3.05, 3.63) is 132 Å². The van der Waals surface area contributed by atoms with Crippen LogP contribution in [0, 0.1) is 0 Å². The molecule has 2 aliphatic carbocycles. The van der Waals surface area contributed by atoms with Gasteiger partial charge in [0, 0.05) is 82.7 Å². The van der Waals surface area contributed by atoms with Crippen LogP contribution < -0.4 is 31.9 Å². The van der Waals surface area contributed by atoms with Crippen LogP contribution >= 0.6 is 0 Å². The molecule has 8 aromatic rings. The van der Waals surface area contributed by atoms with Gasteiger partial charge in [-0.1, -0.05) is 0 Å². The number of carbonyl (C=O) groups is 4. The summed E-state index contributed by atoms with van der Waals surface area (Å²) < 4.78 is 7.04. The first-order valence-corrected chi connectivity index (χ1v) is 21.4. The molecule has 4 amide bonds. The summed E-state index contributed by atoms with van der Waals surface area (Å²) in [6.45, 7) is 0. The van der Waals surface area contributed by atoms with E-state index in [9.17, 15) is 19.2 Å². The van der Waals surface area contributed by atoms with Gasteiger partial charge >= 0.3 is 0 Å². The number of nitrogens with zero attached hydrogens (tertiary/aromatic N) is 10. The van der Waals surface area contributed by atoms with Crippen molar-refractivity contribution in [1.82, 2.24) is 59.4 Å². The van der Waals surface area contributed by atoms with Gasteiger partial charge in [0.15, 0.2) is 11.3 Å². The minimum absolute atomic E-state index is 0.0594. The number of fused-ring (bicyclic) bond motifs is 2. The number of aromatic nitrogens is 10. The zero-order chi connectivity index (χ0) is 44.7. The average molecular weight is 881 g/mol. The van der Waals surface area contributed by atoms with Crippen LogP contribution in [0.4, 0.5) is 34.6 Å². The summed E-state index contributed by atoms with van der Waals surface area (Å²) in [5.74, 6) is 1.57. The van der Waals surface area contributed by atoms with E-state index in [2.05, 4.69) is 52.3 Å². The normalized spacial score (nSPS) is 17.0. The van der Waals surface area contributed by atoms with Gasteiger partial charge in [-0.25, -0.2) is 19.3 Å². The molecular weight excluding hydrogens is 841 g/mol. The van der Waals surface area contributed by atoms with Crippen LogP contribution in [0.3, 0.4) is 0 Å². The fourth-order valence-electron chi connectivity index (χ4n) is 7.52. The second-order valence-corrected chi connectivity index (χ2v) is 16.3. The fraction of sp³-hybridized carbons (Fsp3) is 0.174.